The number of ether oxygens (including phenoxy) is 3. The Balaban J connectivity index is 1.24. The normalized spacial score (nSPS) is 23.5. The van der Waals surface area contributed by atoms with Crippen molar-refractivity contribution in [2.75, 3.05) is 13.2 Å². The zero-order chi connectivity index (χ0) is 25.9. The molecule has 37 heavy (non-hydrogen) atoms. The summed E-state index contributed by atoms with van der Waals surface area (Å²) in [5, 5.41) is 20.5. The molecule has 10 heteroatoms. The van der Waals surface area contributed by atoms with Crippen molar-refractivity contribution >= 4 is 22.8 Å². The standard InChI is InChI=1S/C27H25ClFN3O5/c1-27(2,34)16-8-7-15(9-18(16)29)13-3-5-14(6-4-13)22-17(28)10-19-25(31-22)32-26(30-19)37-21-12-36-23-20(33)11-35-24(21)23/h3-10,20-21,23-24,33-34H,11-12H2,1-2H3,(H,30,31,32). The van der Waals surface area contributed by atoms with Gasteiger partial charge in [-0.3, -0.25) is 0 Å². The largest absolute Gasteiger partial charge is 0.456 e. The molecule has 2 aliphatic heterocycles. The smallest absolute Gasteiger partial charge is 0.296 e. The third-order valence-corrected chi connectivity index (χ3v) is 7.06. The van der Waals surface area contributed by atoms with E-state index >= 15 is 0 Å². The van der Waals surface area contributed by atoms with Gasteiger partial charge >= 0.3 is 0 Å². The Morgan fingerprint density at radius 2 is 1.70 bits per heavy atom. The molecular formula is C27H25ClFN3O5. The number of pyridine rings is 1. The predicted octanol–water partition coefficient (Wildman–Crippen LogP) is 4.22. The van der Waals surface area contributed by atoms with E-state index in [0.29, 0.717) is 34.1 Å². The number of aromatic amines is 1. The molecule has 8 nitrogen and oxygen atoms in total. The molecule has 2 aromatic carbocycles. The number of imidazole rings is 1. The van der Waals surface area contributed by atoms with E-state index in [9.17, 15) is 14.6 Å². The summed E-state index contributed by atoms with van der Waals surface area (Å²) in [4.78, 5) is 12.2. The molecule has 4 atom stereocenters. The van der Waals surface area contributed by atoms with Gasteiger partial charge in [-0.1, -0.05) is 48.0 Å². The van der Waals surface area contributed by atoms with Crippen LogP contribution in [-0.4, -0.2) is 62.8 Å². The van der Waals surface area contributed by atoms with Crippen LogP contribution in [0, 0.1) is 5.82 Å². The van der Waals surface area contributed by atoms with Crippen molar-refractivity contribution in [2.24, 2.45) is 0 Å². The molecule has 3 N–H and O–H groups in total. The van der Waals surface area contributed by atoms with Crippen LogP contribution in [0.2, 0.25) is 5.02 Å². The molecule has 192 valence electrons. The number of aliphatic hydroxyl groups excluding tert-OH is 1. The third-order valence-electron chi connectivity index (χ3n) is 6.77. The zero-order valence-corrected chi connectivity index (χ0v) is 20.9. The van der Waals surface area contributed by atoms with E-state index in [-0.39, 0.29) is 24.3 Å². The minimum Gasteiger partial charge on any atom is -0.456 e. The number of nitrogens with one attached hydrogen (secondary N) is 1. The maximum atomic E-state index is 14.6. The SMILES string of the molecule is CC(C)(O)c1ccc(-c2ccc(-c3nc4nc(OC5COC6C(O)COC56)[nH]c4cc3Cl)cc2)cc1F. The van der Waals surface area contributed by atoms with Crippen molar-refractivity contribution in [2.45, 2.75) is 43.9 Å². The molecule has 0 radical (unpaired) electrons. The number of hydrogen-bond donors (Lipinski definition) is 3. The second-order valence-corrected chi connectivity index (χ2v) is 10.3. The highest BCUT2D eigenvalue weighted by Gasteiger charge is 2.48. The van der Waals surface area contributed by atoms with E-state index in [4.69, 9.17) is 25.8 Å². The van der Waals surface area contributed by atoms with Gasteiger partial charge in [0.15, 0.2) is 11.8 Å². The van der Waals surface area contributed by atoms with Crippen molar-refractivity contribution in [3.8, 4) is 28.4 Å². The van der Waals surface area contributed by atoms with Crippen molar-refractivity contribution in [1.82, 2.24) is 15.0 Å². The first-order valence-corrected chi connectivity index (χ1v) is 12.3. The average molecular weight is 526 g/mol. The van der Waals surface area contributed by atoms with Crippen molar-refractivity contribution in [3.63, 3.8) is 0 Å². The van der Waals surface area contributed by atoms with Crippen LogP contribution in [0.25, 0.3) is 33.5 Å². The number of aromatic nitrogens is 3. The topological polar surface area (TPSA) is 110 Å². The molecule has 4 unspecified atom stereocenters. The van der Waals surface area contributed by atoms with Crippen LogP contribution in [0.4, 0.5) is 4.39 Å². The number of fused-ring (bicyclic) bond motifs is 2. The summed E-state index contributed by atoms with van der Waals surface area (Å²) in [6.45, 7) is 3.61. The third kappa shape index (κ3) is 4.47. The first-order chi connectivity index (χ1) is 17.7. The average Bonchev–Trinajstić information content (AvgIpc) is 3.54. The van der Waals surface area contributed by atoms with Gasteiger partial charge < -0.3 is 29.4 Å². The maximum Gasteiger partial charge on any atom is 0.296 e. The molecule has 2 fully saturated rings. The van der Waals surface area contributed by atoms with E-state index in [1.807, 2.05) is 24.3 Å². The molecular weight excluding hydrogens is 501 g/mol. The fraction of sp³-hybridized carbons (Fsp3) is 0.333. The Bertz CT molecular complexity index is 1470. The Kier molecular flexibility index (Phi) is 5.93. The van der Waals surface area contributed by atoms with E-state index in [1.54, 1.807) is 32.0 Å². The molecule has 0 bridgehead atoms. The summed E-state index contributed by atoms with van der Waals surface area (Å²) in [6, 6.07) is 14.2. The van der Waals surface area contributed by atoms with Crippen LogP contribution in [0.3, 0.4) is 0 Å². The van der Waals surface area contributed by atoms with Crippen LogP contribution < -0.4 is 4.74 Å². The molecule has 2 aliphatic rings. The fourth-order valence-electron chi connectivity index (χ4n) is 4.85. The van der Waals surface area contributed by atoms with Crippen LogP contribution in [0.15, 0.2) is 48.5 Å². The first kappa shape index (κ1) is 24.3. The molecule has 6 rings (SSSR count). The lowest BCUT2D eigenvalue weighted by Gasteiger charge is -2.19. The van der Waals surface area contributed by atoms with Gasteiger partial charge in [-0.15, -0.1) is 0 Å². The lowest BCUT2D eigenvalue weighted by Crippen LogP contribution is -2.34. The summed E-state index contributed by atoms with van der Waals surface area (Å²) in [7, 11) is 0. The number of nitrogens with zero attached hydrogens (tertiary/aromatic N) is 2. The minimum absolute atomic E-state index is 0.218. The van der Waals surface area contributed by atoms with Crippen LogP contribution in [-0.2, 0) is 15.1 Å². The molecule has 0 aliphatic carbocycles. The van der Waals surface area contributed by atoms with E-state index in [2.05, 4.69) is 15.0 Å². The van der Waals surface area contributed by atoms with Gasteiger partial charge in [-0.2, -0.15) is 4.98 Å². The number of aliphatic hydroxyl groups is 2. The lowest BCUT2D eigenvalue weighted by molar-refractivity contribution is 0.00706. The Labute approximate surface area is 217 Å². The number of rotatable bonds is 5. The van der Waals surface area contributed by atoms with Gasteiger partial charge in [0, 0.05) is 11.1 Å². The molecule has 2 aromatic heterocycles. The lowest BCUT2D eigenvalue weighted by atomic mass is 9.94. The summed E-state index contributed by atoms with van der Waals surface area (Å²) in [5.74, 6) is -0.462. The van der Waals surface area contributed by atoms with E-state index < -0.39 is 29.7 Å². The van der Waals surface area contributed by atoms with Crippen LogP contribution >= 0.6 is 11.6 Å². The summed E-state index contributed by atoms with van der Waals surface area (Å²) in [5.41, 5.74) is 2.87. The Morgan fingerprint density at radius 3 is 2.43 bits per heavy atom. The fourth-order valence-corrected chi connectivity index (χ4v) is 5.11. The summed E-state index contributed by atoms with van der Waals surface area (Å²) >= 11 is 6.55. The van der Waals surface area contributed by atoms with E-state index in [1.165, 1.54) is 6.07 Å². The highest BCUT2D eigenvalue weighted by atomic mass is 35.5. The zero-order valence-electron chi connectivity index (χ0n) is 20.1. The molecule has 0 spiro atoms. The first-order valence-electron chi connectivity index (χ1n) is 11.9. The van der Waals surface area contributed by atoms with Gasteiger partial charge in [0.2, 0.25) is 0 Å². The van der Waals surface area contributed by atoms with Gasteiger partial charge in [0.25, 0.3) is 6.01 Å². The number of hydrogen-bond acceptors (Lipinski definition) is 7. The summed E-state index contributed by atoms with van der Waals surface area (Å²) in [6.07, 6.45) is -1.80. The van der Waals surface area contributed by atoms with Gasteiger partial charge in [0.05, 0.1) is 35.0 Å². The van der Waals surface area contributed by atoms with Crippen LogP contribution in [0.1, 0.15) is 19.4 Å². The molecule has 2 saturated heterocycles. The number of H-pyrrole nitrogens is 1. The maximum absolute atomic E-state index is 14.6. The van der Waals surface area contributed by atoms with Gasteiger partial charge in [-0.05, 0) is 37.1 Å². The van der Waals surface area contributed by atoms with Crippen molar-refractivity contribution < 1.29 is 28.8 Å². The molecule has 4 heterocycles. The second kappa shape index (κ2) is 9.04. The monoisotopic (exact) mass is 525 g/mol. The van der Waals surface area contributed by atoms with Crippen molar-refractivity contribution in [3.05, 3.63) is 64.9 Å². The number of halogens is 2. The van der Waals surface area contributed by atoms with E-state index in [0.717, 1.165) is 11.1 Å². The molecule has 0 saturated carbocycles. The highest BCUT2D eigenvalue weighted by Crippen LogP contribution is 2.34. The summed E-state index contributed by atoms with van der Waals surface area (Å²) < 4.78 is 31.7. The minimum atomic E-state index is -1.26. The predicted molar refractivity (Wildman–Crippen MR) is 135 cm³/mol. The van der Waals surface area contributed by atoms with Gasteiger partial charge in [-0.25, -0.2) is 9.37 Å². The van der Waals surface area contributed by atoms with Crippen molar-refractivity contribution in [1.29, 1.82) is 0 Å². The quantitative estimate of drug-likeness (QED) is 0.358. The Hall–Kier alpha value is -3.08. The molecule has 0 amide bonds. The Morgan fingerprint density at radius 1 is 1.00 bits per heavy atom. The molecule has 4 aromatic rings. The van der Waals surface area contributed by atoms with Crippen LogP contribution in [0.5, 0.6) is 6.01 Å². The number of benzene rings is 2. The second-order valence-electron chi connectivity index (χ2n) is 9.88. The van der Waals surface area contributed by atoms with Gasteiger partial charge in [0.1, 0.15) is 24.1 Å². The highest BCUT2D eigenvalue weighted by molar-refractivity contribution is 6.33.